The molecule has 0 aromatic carbocycles. The molecule has 1 atom stereocenters. The average molecular weight is 283 g/mol. The summed E-state index contributed by atoms with van der Waals surface area (Å²) in [7, 11) is 0. The highest BCUT2D eigenvalue weighted by Gasteiger charge is 2.13. The molecule has 2 N–H and O–H groups in total. The molecule has 0 radical (unpaired) electrons. The molecule has 0 saturated heterocycles. The van der Waals surface area contributed by atoms with E-state index in [1.165, 1.54) is 5.56 Å². The summed E-state index contributed by atoms with van der Waals surface area (Å²) in [6.07, 6.45) is 1.80. The van der Waals surface area contributed by atoms with Gasteiger partial charge in [0.15, 0.2) is 0 Å². The third-order valence-electron chi connectivity index (χ3n) is 2.23. The maximum Gasteiger partial charge on any atom is 0.0745 e. The van der Waals surface area contributed by atoms with Crippen LogP contribution in [0.2, 0.25) is 0 Å². The second kappa shape index (κ2) is 4.43. The Bertz CT molecular complexity index is 467. The second-order valence-electron chi connectivity index (χ2n) is 3.41. The van der Waals surface area contributed by atoms with Crippen molar-refractivity contribution < 1.29 is 0 Å². The number of halogens is 1. The lowest BCUT2D eigenvalue weighted by atomic mass is 10.1. The van der Waals surface area contributed by atoms with Gasteiger partial charge in [-0.25, -0.2) is 0 Å². The van der Waals surface area contributed by atoms with E-state index in [0.29, 0.717) is 0 Å². The Labute approximate surface area is 101 Å². The number of rotatable bonds is 2. The lowest BCUT2D eigenvalue weighted by Crippen LogP contribution is -2.13. The van der Waals surface area contributed by atoms with Crippen molar-refractivity contribution in [3.8, 4) is 0 Å². The first-order valence-corrected chi connectivity index (χ1v) is 6.32. The number of hydrogen-bond acceptors (Lipinski definition) is 3. The van der Waals surface area contributed by atoms with Gasteiger partial charge in [0.25, 0.3) is 0 Å². The fraction of sp³-hybridized carbons (Fsp3) is 0.182. The van der Waals surface area contributed by atoms with Crippen LogP contribution >= 0.6 is 27.3 Å². The van der Waals surface area contributed by atoms with Crippen molar-refractivity contribution >= 4 is 27.3 Å². The van der Waals surface area contributed by atoms with Crippen LogP contribution in [0, 0.1) is 6.92 Å². The lowest BCUT2D eigenvalue weighted by molar-refractivity contribution is 0.827. The van der Waals surface area contributed by atoms with Crippen molar-refractivity contribution in [1.82, 2.24) is 4.98 Å². The molecule has 0 spiro atoms. The number of pyridine rings is 1. The summed E-state index contributed by atoms with van der Waals surface area (Å²) < 4.78 is 1.06. The van der Waals surface area contributed by atoms with E-state index in [1.54, 1.807) is 17.5 Å². The molecule has 1 unspecified atom stereocenters. The molecule has 0 aliphatic heterocycles. The van der Waals surface area contributed by atoms with Gasteiger partial charge in [-0.15, -0.1) is 0 Å². The number of thiophene rings is 1. The topological polar surface area (TPSA) is 38.9 Å². The summed E-state index contributed by atoms with van der Waals surface area (Å²) in [5, 5.41) is 4.09. The Morgan fingerprint density at radius 2 is 2.27 bits per heavy atom. The molecule has 0 bridgehead atoms. The van der Waals surface area contributed by atoms with Gasteiger partial charge in [-0.1, -0.05) is 0 Å². The molecular weight excluding hydrogens is 272 g/mol. The molecule has 15 heavy (non-hydrogen) atoms. The Morgan fingerprint density at radius 3 is 2.87 bits per heavy atom. The van der Waals surface area contributed by atoms with Crippen LogP contribution in [0.15, 0.2) is 33.6 Å². The first kappa shape index (κ1) is 10.8. The van der Waals surface area contributed by atoms with Gasteiger partial charge >= 0.3 is 0 Å². The van der Waals surface area contributed by atoms with E-state index in [9.17, 15) is 0 Å². The molecule has 4 heteroatoms. The molecule has 0 aliphatic rings. The summed E-state index contributed by atoms with van der Waals surface area (Å²) in [4.78, 5) is 4.30. The molecule has 2 nitrogen and oxygen atoms in total. The number of nitrogens with zero attached hydrogens (tertiary/aromatic N) is 1. The maximum absolute atomic E-state index is 6.14. The normalized spacial score (nSPS) is 12.7. The summed E-state index contributed by atoms with van der Waals surface area (Å²) in [5.41, 5.74) is 9.33. The van der Waals surface area contributed by atoms with Gasteiger partial charge in [0, 0.05) is 16.0 Å². The predicted octanol–water partition coefficient (Wildman–Crippen LogP) is 3.26. The molecule has 78 valence electrons. The Kier molecular flexibility index (Phi) is 3.19. The third-order valence-corrected chi connectivity index (χ3v) is 3.98. The van der Waals surface area contributed by atoms with Gasteiger partial charge in [-0.2, -0.15) is 11.3 Å². The van der Waals surface area contributed by atoms with Crippen molar-refractivity contribution in [1.29, 1.82) is 0 Å². The molecule has 2 heterocycles. The van der Waals surface area contributed by atoms with Gasteiger partial charge in [-0.3, -0.25) is 4.98 Å². The fourth-order valence-corrected chi connectivity index (χ4v) is 2.98. The van der Waals surface area contributed by atoms with Crippen LogP contribution in [-0.2, 0) is 0 Å². The molecule has 2 aromatic rings. The van der Waals surface area contributed by atoms with E-state index in [-0.39, 0.29) is 6.04 Å². The quantitative estimate of drug-likeness (QED) is 0.918. The molecule has 2 rings (SSSR count). The van der Waals surface area contributed by atoms with Crippen LogP contribution in [-0.4, -0.2) is 4.98 Å². The predicted molar refractivity (Wildman–Crippen MR) is 67.0 cm³/mol. The molecule has 0 aliphatic carbocycles. The molecule has 0 saturated carbocycles. The minimum absolute atomic E-state index is 0.148. The summed E-state index contributed by atoms with van der Waals surface area (Å²) in [5.74, 6) is 0. The monoisotopic (exact) mass is 282 g/mol. The largest absolute Gasteiger partial charge is 0.319 e. The molecule has 0 fully saturated rings. The number of nitrogens with two attached hydrogens (primary N) is 1. The smallest absolute Gasteiger partial charge is 0.0745 e. The highest BCUT2D eigenvalue weighted by atomic mass is 79.9. The second-order valence-corrected chi connectivity index (χ2v) is 5.01. The van der Waals surface area contributed by atoms with Crippen LogP contribution in [0.5, 0.6) is 0 Å². The van der Waals surface area contributed by atoms with E-state index >= 15 is 0 Å². The van der Waals surface area contributed by atoms with Crippen LogP contribution in [0.25, 0.3) is 0 Å². The van der Waals surface area contributed by atoms with Gasteiger partial charge < -0.3 is 5.73 Å². The van der Waals surface area contributed by atoms with Crippen LogP contribution < -0.4 is 5.73 Å². The number of aromatic nitrogens is 1. The maximum atomic E-state index is 6.14. The molecule has 2 aromatic heterocycles. The lowest BCUT2D eigenvalue weighted by Gasteiger charge is -2.10. The zero-order valence-electron chi connectivity index (χ0n) is 8.27. The number of aryl methyl sites for hydroxylation is 1. The van der Waals surface area contributed by atoms with Gasteiger partial charge in [-0.05, 0) is 51.5 Å². The van der Waals surface area contributed by atoms with Crippen LogP contribution in [0.4, 0.5) is 0 Å². The number of hydrogen-bond donors (Lipinski definition) is 1. The van der Waals surface area contributed by atoms with Crippen molar-refractivity contribution in [3.63, 3.8) is 0 Å². The Morgan fingerprint density at radius 1 is 1.47 bits per heavy atom. The minimum atomic E-state index is -0.148. The third kappa shape index (κ3) is 2.27. The highest BCUT2D eigenvalue weighted by Crippen LogP contribution is 2.29. The minimum Gasteiger partial charge on any atom is -0.319 e. The van der Waals surface area contributed by atoms with Crippen molar-refractivity contribution in [3.05, 3.63) is 50.4 Å². The van der Waals surface area contributed by atoms with Gasteiger partial charge in [0.1, 0.15) is 0 Å². The van der Waals surface area contributed by atoms with E-state index in [4.69, 9.17) is 5.73 Å². The van der Waals surface area contributed by atoms with Gasteiger partial charge in [0.2, 0.25) is 0 Å². The first-order chi connectivity index (χ1) is 7.18. The zero-order chi connectivity index (χ0) is 10.8. The average Bonchev–Trinajstić information content (AvgIpc) is 2.63. The standard InChI is InChI=1S/C11H11BrN2S/c1-7-2-3-14-10(4-7)11(13)8-5-15-6-9(8)12/h2-6,11H,13H2,1H3. The van der Waals surface area contributed by atoms with E-state index in [2.05, 4.69) is 26.3 Å². The van der Waals surface area contributed by atoms with E-state index in [1.807, 2.05) is 24.4 Å². The zero-order valence-corrected chi connectivity index (χ0v) is 10.7. The summed E-state index contributed by atoms with van der Waals surface area (Å²) in [6.45, 7) is 2.04. The van der Waals surface area contributed by atoms with E-state index in [0.717, 1.165) is 15.7 Å². The highest BCUT2D eigenvalue weighted by molar-refractivity contribution is 9.10. The van der Waals surface area contributed by atoms with Crippen molar-refractivity contribution in [2.45, 2.75) is 13.0 Å². The first-order valence-electron chi connectivity index (χ1n) is 4.58. The van der Waals surface area contributed by atoms with Gasteiger partial charge in [0.05, 0.1) is 11.7 Å². The Balaban J connectivity index is 2.36. The molecule has 0 amide bonds. The van der Waals surface area contributed by atoms with Crippen molar-refractivity contribution in [2.75, 3.05) is 0 Å². The molecular formula is C11H11BrN2S. The van der Waals surface area contributed by atoms with Crippen LogP contribution in [0.1, 0.15) is 22.9 Å². The van der Waals surface area contributed by atoms with Crippen LogP contribution in [0.3, 0.4) is 0 Å². The van der Waals surface area contributed by atoms with Crippen molar-refractivity contribution in [2.24, 2.45) is 5.73 Å². The van der Waals surface area contributed by atoms with E-state index < -0.39 is 0 Å². The summed E-state index contributed by atoms with van der Waals surface area (Å²) in [6, 6.07) is 3.85. The Hall–Kier alpha value is -0.710. The SMILES string of the molecule is Cc1ccnc(C(N)c2cscc2Br)c1. The fourth-order valence-electron chi connectivity index (χ4n) is 1.40. The summed E-state index contributed by atoms with van der Waals surface area (Å²) >= 11 is 5.12.